The highest BCUT2D eigenvalue weighted by Crippen LogP contribution is 2.33. The lowest BCUT2D eigenvalue weighted by atomic mass is 10.0. The van der Waals surface area contributed by atoms with E-state index in [1.54, 1.807) is 6.07 Å². The van der Waals surface area contributed by atoms with Crippen molar-refractivity contribution in [3.8, 4) is 0 Å². The van der Waals surface area contributed by atoms with Gasteiger partial charge in [0.1, 0.15) is 30.6 Å². The molecule has 2 N–H and O–H groups in total. The molecule has 2 aromatic rings. The van der Waals surface area contributed by atoms with Gasteiger partial charge in [-0.15, -0.1) is 0 Å². The lowest BCUT2D eigenvalue weighted by molar-refractivity contribution is -0.120. The Balaban J connectivity index is 1.49. The molecule has 3 heterocycles. The number of carbonyl (C=O) groups excluding carboxylic acids is 2. The Kier molecular flexibility index (Phi) is 6.42. The molecule has 1 aromatic heterocycles. The van der Waals surface area contributed by atoms with E-state index < -0.39 is 46.1 Å². The smallest absolute Gasteiger partial charge is 0.414 e. The van der Waals surface area contributed by atoms with Crippen LogP contribution < -0.4 is 10.2 Å². The molecular weight excluding hydrogens is 462 g/mol. The maximum atomic E-state index is 14.9. The van der Waals surface area contributed by atoms with Crippen LogP contribution in [0.3, 0.4) is 0 Å². The van der Waals surface area contributed by atoms with Gasteiger partial charge in [-0.05, 0) is 24.1 Å². The third kappa shape index (κ3) is 5.03. The molecule has 4 rings (SSSR count). The average molecular weight is 482 g/mol. The van der Waals surface area contributed by atoms with E-state index >= 15 is 0 Å². The van der Waals surface area contributed by atoms with Crippen molar-refractivity contribution in [2.24, 2.45) is 4.36 Å². The fraction of sp³-hybridized carbons (Fsp3) is 0.350. The van der Waals surface area contributed by atoms with Crippen molar-refractivity contribution < 1.29 is 36.9 Å². The molecule has 0 radical (unpaired) electrons. The highest BCUT2D eigenvalue weighted by molar-refractivity contribution is 7.94. The second-order valence-electron chi connectivity index (χ2n) is 7.43. The van der Waals surface area contributed by atoms with Crippen LogP contribution in [0.2, 0.25) is 0 Å². The molecule has 0 bridgehead atoms. The number of hydrogen-bond donors (Lipinski definition) is 2. The first-order valence-electron chi connectivity index (χ1n) is 9.95. The number of aliphatic hydroxyl groups excluding tert-OH is 1. The minimum atomic E-state index is -2.92. The number of rotatable bonds is 6. The number of benzene rings is 1. The van der Waals surface area contributed by atoms with Crippen LogP contribution in [0.25, 0.3) is 5.57 Å². The molecule has 1 unspecified atom stereocenters. The number of allylic oxidation sites excluding steroid dienone is 1. The maximum absolute atomic E-state index is 14.9. The standard InChI is InChI=1S/C20H20F2N4O6S/c21-15-7-13(26-10-14(32-20(26)29)9-23-17-1-4-31-24-17)8-16(22)19(15)12-2-5-33(30,6-3-12)25-18(28)11-27/h1-2,4,7-8,14,27H,3,5-6,9-11H2,(H,23,24)/t14-,33?/m0/s1. The van der Waals surface area contributed by atoms with Gasteiger partial charge in [-0.2, -0.15) is 4.36 Å². The fourth-order valence-corrected chi connectivity index (χ4v) is 5.36. The third-order valence-corrected chi connectivity index (χ3v) is 7.23. The Morgan fingerprint density at radius 1 is 1.36 bits per heavy atom. The number of hydrogen-bond acceptors (Lipinski definition) is 8. The summed E-state index contributed by atoms with van der Waals surface area (Å²) in [5.41, 5.74) is 0.0118. The van der Waals surface area contributed by atoms with Crippen LogP contribution in [0.15, 0.2) is 39.4 Å². The number of carbonyl (C=O) groups is 2. The molecule has 2 atom stereocenters. The zero-order valence-electron chi connectivity index (χ0n) is 17.2. The van der Waals surface area contributed by atoms with Crippen LogP contribution in [0, 0.1) is 11.6 Å². The van der Waals surface area contributed by atoms with E-state index in [1.807, 2.05) is 0 Å². The van der Waals surface area contributed by atoms with Crippen molar-refractivity contribution in [3.05, 3.63) is 47.7 Å². The van der Waals surface area contributed by atoms with Gasteiger partial charge in [-0.1, -0.05) is 11.2 Å². The molecule has 1 fully saturated rings. The molecular formula is C20H20F2N4O6S. The minimum absolute atomic E-state index is 0.00596. The third-order valence-electron chi connectivity index (χ3n) is 5.17. The molecule has 0 saturated carbocycles. The topological polar surface area (TPSA) is 134 Å². The van der Waals surface area contributed by atoms with Gasteiger partial charge in [0, 0.05) is 17.4 Å². The van der Waals surface area contributed by atoms with Crippen molar-refractivity contribution in [2.45, 2.75) is 12.5 Å². The molecule has 33 heavy (non-hydrogen) atoms. The predicted molar refractivity (Wildman–Crippen MR) is 114 cm³/mol. The van der Waals surface area contributed by atoms with E-state index in [4.69, 9.17) is 14.4 Å². The van der Waals surface area contributed by atoms with Gasteiger partial charge < -0.3 is 19.7 Å². The van der Waals surface area contributed by atoms with Gasteiger partial charge in [-0.25, -0.2) is 17.8 Å². The fourth-order valence-electron chi connectivity index (χ4n) is 3.59. The number of aliphatic hydroxyl groups is 1. The number of amides is 2. The van der Waals surface area contributed by atoms with Crippen LogP contribution in [-0.2, 0) is 19.3 Å². The Bertz CT molecular complexity index is 1200. The van der Waals surface area contributed by atoms with Crippen LogP contribution >= 0.6 is 0 Å². The molecule has 13 heteroatoms. The summed E-state index contributed by atoms with van der Waals surface area (Å²) in [5, 5.41) is 15.4. The van der Waals surface area contributed by atoms with Crippen LogP contribution in [0.5, 0.6) is 0 Å². The average Bonchev–Trinajstić information content (AvgIpc) is 3.42. The first-order valence-corrected chi connectivity index (χ1v) is 11.8. The minimum Gasteiger partial charge on any atom is -0.442 e. The van der Waals surface area contributed by atoms with Crippen molar-refractivity contribution in [2.75, 3.05) is 41.4 Å². The van der Waals surface area contributed by atoms with Gasteiger partial charge >= 0.3 is 6.09 Å². The summed E-state index contributed by atoms with van der Waals surface area (Å²) < 4.78 is 55.8. The zero-order chi connectivity index (χ0) is 23.6. The highest BCUT2D eigenvalue weighted by Gasteiger charge is 2.33. The number of cyclic esters (lactones) is 1. The van der Waals surface area contributed by atoms with E-state index in [2.05, 4.69) is 14.8 Å². The molecule has 2 aliphatic heterocycles. The van der Waals surface area contributed by atoms with Gasteiger partial charge in [0.05, 0.1) is 34.3 Å². The van der Waals surface area contributed by atoms with Crippen LogP contribution in [0.4, 0.5) is 25.1 Å². The Hall–Kier alpha value is -3.32. The van der Waals surface area contributed by atoms with E-state index in [1.165, 1.54) is 12.3 Å². The number of nitrogens with one attached hydrogen (secondary N) is 1. The summed E-state index contributed by atoms with van der Waals surface area (Å²) in [7, 11) is -2.92. The maximum Gasteiger partial charge on any atom is 0.414 e. The normalized spacial score (nSPS) is 22.6. The Morgan fingerprint density at radius 3 is 2.73 bits per heavy atom. The molecule has 1 saturated heterocycles. The van der Waals surface area contributed by atoms with E-state index in [-0.39, 0.29) is 42.3 Å². The molecule has 10 nitrogen and oxygen atoms in total. The second kappa shape index (κ2) is 9.27. The number of ether oxygens (including phenoxy) is 1. The predicted octanol–water partition coefficient (Wildman–Crippen LogP) is 2.16. The number of aromatic nitrogens is 1. The van der Waals surface area contributed by atoms with Gasteiger partial charge in [0.2, 0.25) is 0 Å². The van der Waals surface area contributed by atoms with Crippen molar-refractivity contribution in [3.63, 3.8) is 0 Å². The summed E-state index contributed by atoms with van der Waals surface area (Å²) in [6.07, 6.45) is 1.50. The molecule has 0 spiro atoms. The van der Waals surface area contributed by atoms with Crippen molar-refractivity contribution in [1.29, 1.82) is 0 Å². The summed E-state index contributed by atoms with van der Waals surface area (Å²) in [6.45, 7) is -0.546. The lowest BCUT2D eigenvalue weighted by Gasteiger charge is -2.19. The van der Waals surface area contributed by atoms with Crippen molar-refractivity contribution >= 4 is 38.8 Å². The SMILES string of the molecule is O=C(CO)N=S1(=O)CC=C(c2c(F)cc(N3C[C@H](CNc4ccon4)OC3=O)cc2F)CC1. The zero-order valence-corrected chi connectivity index (χ0v) is 18.0. The van der Waals surface area contributed by atoms with Gasteiger partial charge in [-0.3, -0.25) is 9.69 Å². The van der Waals surface area contributed by atoms with E-state index in [0.717, 1.165) is 17.0 Å². The molecule has 176 valence electrons. The van der Waals surface area contributed by atoms with Crippen LogP contribution in [-0.4, -0.2) is 63.8 Å². The molecule has 1 aromatic carbocycles. The van der Waals surface area contributed by atoms with Gasteiger partial charge in [0.15, 0.2) is 5.82 Å². The first kappa shape index (κ1) is 22.9. The van der Waals surface area contributed by atoms with Gasteiger partial charge in [0.25, 0.3) is 5.91 Å². The Labute approximate surface area is 187 Å². The summed E-state index contributed by atoms with van der Waals surface area (Å²) in [5.74, 6) is -2.43. The molecule has 2 aliphatic rings. The summed E-state index contributed by atoms with van der Waals surface area (Å²) in [6, 6.07) is 3.67. The highest BCUT2D eigenvalue weighted by atomic mass is 32.2. The summed E-state index contributed by atoms with van der Waals surface area (Å²) in [4.78, 5) is 24.6. The summed E-state index contributed by atoms with van der Waals surface area (Å²) >= 11 is 0. The van der Waals surface area contributed by atoms with E-state index in [0.29, 0.717) is 11.4 Å². The lowest BCUT2D eigenvalue weighted by Crippen LogP contribution is -2.27. The monoisotopic (exact) mass is 482 g/mol. The number of anilines is 2. The number of nitrogens with zero attached hydrogens (tertiary/aromatic N) is 3. The molecule has 2 amide bonds. The second-order valence-corrected chi connectivity index (χ2v) is 9.90. The Morgan fingerprint density at radius 2 is 2.12 bits per heavy atom. The largest absolute Gasteiger partial charge is 0.442 e. The molecule has 0 aliphatic carbocycles. The van der Waals surface area contributed by atoms with Crippen LogP contribution in [0.1, 0.15) is 12.0 Å². The number of halogens is 2. The van der Waals surface area contributed by atoms with E-state index in [9.17, 15) is 22.6 Å². The first-order chi connectivity index (χ1) is 15.8. The van der Waals surface area contributed by atoms with Crippen molar-refractivity contribution in [1.82, 2.24) is 5.16 Å². The quantitative estimate of drug-likeness (QED) is 0.640.